The summed E-state index contributed by atoms with van der Waals surface area (Å²) in [4.78, 5) is 11.7. The number of nitrogens with zero attached hydrogens (tertiary/aromatic N) is 2. The molecule has 0 fully saturated rings. The van der Waals surface area contributed by atoms with E-state index in [1.807, 2.05) is 6.92 Å². The number of urea groups is 1. The van der Waals surface area contributed by atoms with E-state index in [0.717, 1.165) is 0 Å². The molecule has 0 unspecified atom stereocenters. The summed E-state index contributed by atoms with van der Waals surface area (Å²) in [7, 11) is 0. The number of alkyl halides is 2. The van der Waals surface area contributed by atoms with Gasteiger partial charge in [0, 0.05) is 11.8 Å². The number of ether oxygens (including phenoxy) is 1. The lowest BCUT2D eigenvalue weighted by Crippen LogP contribution is -2.19. The Hall–Kier alpha value is -2.29. The van der Waals surface area contributed by atoms with E-state index in [0.29, 0.717) is 29.4 Å². The average molecular weight is 314 g/mol. The first-order chi connectivity index (χ1) is 10.1. The van der Waals surface area contributed by atoms with E-state index in [-0.39, 0.29) is 5.13 Å². The van der Waals surface area contributed by atoms with Gasteiger partial charge in [-0.15, -0.1) is 10.2 Å². The number of carbonyl (C=O) groups is 1. The molecular formula is C12H12F2N4O2S. The van der Waals surface area contributed by atoms with E-state index in [9.17, 15) is 13.6 Å². The van der Waals surface area contributed by atoms with Gasteiger partial charge in [-0.2, -0.15) is 0 Å². The minimum absolute atomic E-state index is 0.00348. The molecule has 2 rings (SSSR count). The number of hydrogen-bond donors (Lipinski definition) is 2. The molecule has 0 spiro atoms. The van der Waals surface area contributed by atoms with Gasteiger partial charge in [-0.05, 0) is 19.1 Å². The fraction of sp³-hybridized carbons (Fsp3) is 0.250. The standard InChI is InChI=1S/C12H12F2N4O2S/c1-2-20-8-5-3-4-7(6-8)15-11(19)16-12-18-17-10(21-12)9(13)14/h3-6,9H,2H2,1H3,(H2,15,16,18,19). The van der Waals surface area contributed by atoms with Gasteiger partial charge < -0.3 is 10.1 Å². The first-order valence-corrected chi connectivity index (χ1v) is 6.82. The molecule has 0 aliphatic carbocycles. The van der Waals surface area contributed by atoms with Crippen LogP contribution in [0.5, 0.6) is 5.75 Å². The molecule has 1 aromatic carbocycles. The molecule has 1 aromatic heterocycles. The van der Waals surface area contributed by atoms with Crippen molar-refractivity contribution in [3.05, 3.63) is 29.3 Å². The highest BCUT2D eigenvalue weighted by atomic mass is 32.1. The molecule has 0 saturated heterocycles. The van der Waals surface area contributed by atoms with Gasteiger partial charge in [0.1, 0.15) is 5.75 Å². The van der Waals surface area contributed by atoms with Crippen molar-refractivity contribution in [1.82, 2.24) is 10.2 Å². The van der Waals surface area contributed by atoms with Crippen LogP contribution in [0.2, 0.25) is 0 Å². The van der Waals surface area contributed by atoms with Crippen molar-refractivity contribution in [3.63, 3.8) is 0 Å². The first kappa shape index (κ1) is 15.1. The van der Waals surface area contributed by atoms with Crippen molar-refractivity contribution in [2.75, 3.05) is 17.2 Å². The van der Waals surface area contributed by atoms with E-state index in [4.69, 9.17) is 4.74 Å². The molecule has 2 N–H and O–H groups in total. The van der Waals surface area contributed by atoms with Gasteiger partial charge in [-0.25, -0.2) is 13.6 Å². The van der Waals surface area contributed by atoms with Crippen LogP contribution in [-0.2, 0) is 0 Å². The summed E-state index contributed by atoms with van der Waals surface area (Å²) in [5, 5.41) is 11.2. The second-order valence-corrected chi connectivity index (χ2v) is 4.80. The molecule has 0 bridgehead atoms. The number of benzene rings is 1. The smallest absolute Gasteiger partial charge is 0.325 e. The van der Waals surface area contributed by atoms with Crippen molar-refractivity contribution >= 4 is 28.2 Å². The Bertz CT molecular complexity index is 621. The SMILES string of the molecule is CCOc1cccc(NC(=O)Nc2nnc(C(F)F)s2)c1. The monoisotopic (exact) mass is 314 g/mol. The Kier molecular flexibility index (Phi) is 4.99. The van der Waals surface area contributed by atoms with Gasteiger partial charge in [0.05, 0.1) is 6.61 Å². The van der Waals surface area contributed by atoms with Gasteiger partial charge in [0.25, 0.3) is 6.43 Å². The zero-order chi connectivity index (χ0) is 15.2. The largest absolute Gasteiger partial charge is 0.494 e. The summed E-state index contributed by atoms with van der Waals surface area (Å²) < 4.78 is 30.0. The van der Waals surface area contributed by atoms with Gasteiger partial charge in [-0.1, -0.05) is 17.4 Å². The number of aromatic nitrogens is 2. The van der Waals surface area contributed by atoms with Crippen LogP contribution in [0.4, 0.5) is 24.4 Å². The van der Waals surface area contributed by atoms with Crippen LogP contribution in [0.25, 0.3) is 0 Å². The lowest BCUT2D eigenvalue weighted by atomic mass is 10.3. The first-order valence-electron chi connectivity index (χ1n) is 6.01. The third-order valence-electron chi connectivity index (χ3n) is 2.25. The van der Waals surface area contributed by atoms with Gasteiger partial charge >= 0.3 is 6.03 Å². The maximum atomic E-state index is 12.3. The molecule has 0 radical (unpaired) electrons. The highest BCUT2D eigenvalue weighted by Crippen LogP contribution is 2.25. The normalized spacial score (nSPS) is 10.5. The van der Waals surface area contributed by atoms with Gasteiger partial charge in [0.2, 0.25) is 5.13 Å². The third kappa shape index (κ3) is 4.35. The molecule has 6 nitrogen and oxygen atoms in total. The van der Waals surface area contributed by atoms with Crippen LogP contribution >= 0.6 is 11.3 Å². The van der Waals surface area contributed by atoms with E-state index in [1.165, 1.54) is 0 Å². The number of halogens is 2. The molecule has 21 heavy (non-hydrogen) atoms. The molecule has 0 saturated carbocycles. The minimum atomic E-state index is -2.70. The van der Waals surface area contributed by atoms with Crippen LogP contribution in [0.15, 0.2) is 24.3 Å². The fourth-order valence-electron chi connectivity index (χ4n) is 1.46. The number of carbonyl (C=O) groups excluding carboxylic acids is 1. The highest BCUT2D eigenvalue weighted by molar-refractivity contribution is 7.15. The summed E-state index contributed by atoms with van der Waals surface area (Å²) in [5.41, 5.74) is 0.511. The van der Waals surface area contributed by atoms with Gasteiger partial charge in [0.15, 0.2) is 5.01 Å². The molecule has 2 aromatic rings. The highest BCUT2D eigenvalue weighted by Gasteiger charge is 2.15. The Morgan fingerprint density at radius 2 is 2.19 bits per heavy atom. The number of rotatable bonds is 5. The predicted molar refractivity (Wildman–Crippen MR) is 75.1 cm³/mol. The second-order valence-electron chi connectivity index (χ2n) is 3.79. The Morgan fingerprint density at radius 3 is 2.86 bits per heavy atom. The summed E-state index contributed by atoms with van der Waals surface area (Å²) >= 11 is 0.622. The van der Waals surface area contributed by atoms with Crippen LogP contribution in [0.3, 0.4) is 0 Å². The van der Waals surface area contributed by atoms with Crippen LogP contribution in [-0.4, -0.2) is 22.8 Å². The molecule has 0 atom stereocenters. The third-order valence-corrected chi connectivity index (χ3v) is 3.10. The van der Waals surface area contributed by atoms with Crippen LogP contribution in [0.1, 0.15) is 18.4 Å². The van der Waals surface area contributed by atoms with Crippen molar-refractivity contribution < 1.29 is 18.3 Å². The number of amides is 2. The number of hydrogen-bond acceptors (Lipinski definition) is 5. The summed E-state index contributed by atoms with van der Waals surface area (Å²) in [6, 6.07) is 6.20. The average Bonchev–Trinajstić information content (AvgIpc) is 2.88. The van der Waals surface area contributed by atoms with Gasteiger partial charge in [-0.3, -0.25) is 5.32 Å². The topological polar surface area (TPSA) is 76.1 Å². The quantitative estimate of drug-likeness (QED) is 0.885. The maximum absolute atomic E-state index is 12.3. The van der Waals surface area contributed by atoms with E-state index < -0.39 is 17.5 Å². The van der Waals surface area contributed by atoms with Crippen molar-refractivity contribution in [3.8, 4) is 5.75 Å². The van der Waals surface area contributed by atoms with E-state index in [1.54, 1.807) is 24.3 Å². The maximum Gasteiger partial charge on any atom is 0.325 e. The fourth-order valence-corrected chi connectivity index (χ4v) is 2.06. The molecule has 9 heteroatoms. The molecule has 0 aliphatic rings. The minimum Gasteiger partial charge on any atom is -0.494 e. The summed E-state index contributed by atoms with van der Waals surface area (Å²) in [6.07, 6.45) is -2.70. The van der Waals surface area contributed by atoms with Crippen molar-refractivity contribution in [2.24, 2.45) is 0 Å². The lowest BCUT2D eigenvalue weighted by molar-refractivity contribution is 0.150. The van der Waals surface area contributed by atoms with E-state index >= 15 is 0 Å². The zero-order valence-electron chi connectivity index (χ0n) is 11.0. The van der Waals surface area contributed by atoms with Crippen LogP contribution < -0.4 is 15.4 Å². The summed E-state index contributed by atoms with van der Waals surface area (Å²) in [5.74, 6) is 0.617. The van der Waals surface area contributed by atoms with Crippen molar-refractivity contribution in [1.29, 1.82) is 0 Å². The molecule has 112 valence electrons. The molecule has 2 amide bonds. The zero-order valence-corrected chi connectivity index (χ0v) is 11.8. The Labute approximate surface area is 123 Å². The molecule has 0 aliphatic heterocycles. The lowest BCUT2D eigenvalue weighted by Gasteiger charge is -2.07. The van der Waals surface area contributed by atoms with Crippen molar-refractivity contribution in [2.45, 2.75) is 13.3 Å². The predicted octanol–water partition coefficient (Wildman–Crippen LogP) is 3.52. The Balaban J connectivity index is 1.96. The Morgan fingerprint density at radius 1 is 1.38 bits per heavy atom. The number of nitrogens with one attached hydrogen (secondary N) is 2. The second kappa shape index (κ2) is 6.93. The van der Waals surface area contributed by atoms with Crippen LogP contribution in [0, 0.1) is 0 Å². The summed E-state index contributed by atoms with van der Waals surface area (Å²) in [6.45, 7) is 2.36. The number of anilines is 2. The van der Waals surface area contributed by atoms with E-state index in [2.05, 4.69) is 20.8 Å². The molecular weight excluding hydrogens is 302 g/mol. The molecule has 1 heterocycles.